The van der Waals surface area contributed by atoms with Gasteiger partial charge in [0.2, 0.25) is 12.7 Å². The third-order valence-electron chi connectivity index (χ3n) is 4.94. The van der Waals surface area contributed by atoms with Crippen LogP contribution in [0.1, 0.15) is 15.2 Å². The molecule has 0 bridgehead atoms. The number of nitrogens with one attached hydrogen (secondary N) is 1. The molecule has 4 rings (SSSR count). The molecule has 0 saturated carbocycles. The Bertz CT molecular complexity index is 889. The second-order valence-electron chi connectivity index (χ2n) is 6.85. The minimum Gasteiger partial charge on any atom is -0.454 e. The number of carbonyl (C=O) groups is 2. The molecule has 2 aliphatic heterocycles. The number of ether oxygens (including phenoxy) is 2. The summed E-state index contributed by atoms with van der Waals surface area (Å²) < 4.78 is 10.6. The van der Waals surface area contributed by atoms with Gasteiger partial charge in [0.15, 0.2) is 11.5 Å². The third-order valence-corrected chi connectivity index (χ3v) is 5.80. The number of fused-ring (bicyclic) bond motifs is 1. The predicted molar refractivity (Wildman–Crippen MR) is 111 cm³/mol. The molecule has 1 fully saturated rings. The largest absolute Gasteiger partial charge is 0.454 e. The minimum atomic E-state index is -0.130. The van der Waals surface area contributed by atoms with Crippen molar-refractivity contribution in [2.75, 3.05) is 46.1 Å². The van der Waals surface area contributed by atoms with E-state index < -0.39 is 0 Å². The number of rotatable bonds is 6. The molecule has 0 spiro atoms. The topological polar surface area (TPSA) is 71.1 Å². The number of nitrogens with zero attached hydrogens (tertiary/aromatic N) is 2. The predicted octanol–water partition coefficient (Wildman–Crippen LogP) is 2.06. The molecule has 152 valence electrons. The molecule has 2 amide bonds. The van der Waals surface area contributed by atoms with Crippen molar-refractivity contribution in [1.82, 2.24) is 15.1 Å². The van der Waals surface area contributed by atoms with E-state index in [2.05, 4.69) is 10.2 Å². The Morgan fingerprint density at radius 2 is 1.93 bits per heavy atom. The van der Waals surface area contributed by atoms with Crippen LogP contribution < -0.4 is 14.8 Å². The van der Waals surface area contributed by atoms with Gasteiger partial charge in [0.05, 0.1) is 4.88 Å². The Kier molecular flexibility index (Phi) is 6.12. The van der Waals surface area contributed by atoms with Gasteiger partial charge in [0.25, 0.3) is 5.91 Å². The average molecular weight is 413 g/mol. The first-order chi connectivity index (χ1) is 14.2. The fraction of sp³-hybridized carbons (Fsp3) is 0.333. The van der Waals surface area contributed by atoms with Crippen molar-refractivity contribution in [2.45, 2.75) is 0 Å². The summed E-state index contributed by atoms with van der Waals surface area (Å²) in [5.74, 6) is 1.41. The van der Waals surface area contributed by atoms with Gasteiger partial charge in [-0.2, -0.15) is 0 Å². The molecule has 0 atom stereocenters. The Balaban J connectivity index is 1.16. The quantitative estimate of drug-likeness (QED) is 0.734. The molecule has 2 aromatic rings. The van der Waals surface area contributed by atoms with E-state index in [1.807, 2.05) is 40.6 Å². The van der Waals surface area contributed by atoms with Gasteiger partial charge in [-0.3, -0.25) is 14.5 Å². The number of piperazine rings is 1. The van der Waals surface area contributed by atoms with Crippen LogP contribution in [-0.2, 0) is 4.79 Å². The summed E-state index contributed by atoms with van der Waals surface area (Å²) in [5.41, 5.74) is 0.885. The molecule has 29 heavy (non-hydrogen) atoms. The SMILES string of the molecule is O=C(/C=C/c1ccc2c(c1)OCO2)NCCN1CCN(C(=O)c2cccs2)CC1. The zero-order valence-corrected chi connectivity index (χ0v) is 16.8. The van der Waals surface area contributed by atoms with E-state index in [1.165, 1.54) is 17.4 Å². The van der Waals surface area contributed by atoms with Gasteiger partial charge in [-0.1, -0.05) is 12.1 Å². The zero-order valence-electron chi connectivity index (χ0n) is 16.0. The molecule has 7 nitrogen and oxygen atoms in total. The highest BCUT2D eigenvalue weighted by atomic mass is 32.1. The summed E-state index contributed by atoms with van der Waals surface area (Å²) >= 11 is 1.48. The summed E-state index contributed by atoms with van der Waals surface area (Å²) in [6, 6.07) is 9.34. The monoisotopic (exact) mass is 413 g/mol. The van der Waals surface area contributed by atoms with Crippen molar-refractivity contribution in [2.24, 2.45) is 0 Å². The van der Waals surface area contributed by atoms with Crippen LogP contribution in [0.25, 0.3) is 6.08 Å². The average Bonchev–Trinajstić information content (AvgIpc) is 3.44. The molecule has 1 aromatic heterocycles. The second kappa shape index (κ2) is 9.11. The van der Waals surface area contributed by atoms with E-state index in [0.717, 1.165) is 35.8 Å². The smallest absolute Gasteiger partial charge is 0.264 e. The van der Waals surface area contributed by atoms with Crippen molar-refractivity contribution in [3.63, 3.8) is 0 Å². The molecule has 8 heteroatoms. The van der Waals surface area contributed by atoms with Crippen molar-refractivity contribution < 1.29 is 19.1 Å². The van der Waals surface area contributed by atoms with Crippen LogP contribution in [-0.4, -0.2) is 67.7 Å². The Morgan fingerprint density at radius 1 is 1.10 bits per heavy atom. The van der Waals surface area contributed by atoms with Crippen molar-refractivity contribution in [3.8, 4) is 11.5 Å². The standard InChI is InChI=1S/C21H23N3O4S/c25-20(6-4-16-3-5-17-18(14-16)28-15-27-17)22-7-8-23-9-11-24(12-10-23)21(26)19-2-1-13-29-19/h1-6,13-14H,7-12,15H2,(H,22,25)/b6-4+. The number of carbonyl (C=O) groups excluding carboxylic acids is 2. The summed E-state index contributed by atoms with van der Waals surface area (Å²) in [7, 11) is 0. The summed E-state index contributed by atoms with van der Waals surface area (Å²) in [6.45, 7) is 4.65. The van der Waals surface area contributed by atoms with E-state index in [9.17, 15) is 9.59 Å². The van der Waals surface area contributed by atoms with Crippen molar-refractivity contribution >= 4 is 29.2 Å². The molecular formula is C21H23N3O4S. The highest BCUT2D eigenvalue weighted by Gasteiger charge is 2.22. The van der Waals surface area contributed by atoms with Crippen LogP contribution in [0.4, 0.5) is 0 Å². The molecule has 0 radical (unpaired) electrons. The molecule has 1 N–H and O–H groups in total. The normalized spacial score (nSPS) is 16.3. The lowest BCUT2D eigenvalue weighted by Crippen LogP contribution is -2.50. The third kappa shape index (κ3) is 4.96. The number of hydrogen-bond acceptors (Lipinski definition) is 6. The first kappa shape index (κ1) is 19.5. The maximum absolute atomic E-state index is 12.4. The highest BCUT2D eigenvalue weighted by molar-refractivity contribution is 7.12. The molecule has 0 aliphatic carbocycles. The lowest BCUT2D eigenvalue weighted by atomic mass is 10.2. The second-order valence-corrected chi connectivity index (χ2v) is 7.80. The van der Waals surface area contributed by atoms with E-state index in [1.54, 1.807) is 6.08 Å². The first-order valence-corrected chi connectivity index (χ1v) is 10.5. The van der Waals surface area contributed by atoms with E-state index in [4.69, 9.17) is 9.47 Å². The van der Waals surface area contributed by atoms with Crippen LogP contribution in [0.15, 0.2) is 41.8 Å². The Labute approximate surface area is 173 Å². The van der Waals surface area contributed by atoms with Crippen LogP contribution in [0.5, 0.6) is 11.5 Å². The number of benzene rings is 1. The Morgan fingerprint density at radius 3 is 2.72 bits per heavy atom. The minimum absolute atomic E-state index is 0.113. The molecule has 2 aliphatic rings. The van der Waals surface area contributed by atoms with Crippen molar-refractivity contribution in [1.29, 1.82) is 0 Å². The zero-order chi connectivity index (χ0) is 20.1. The maximum Gasteiger partial charge on any atom is 0.264 e. The van der Waals surface area contributed by atoms with Gasteiger partial charge >= 0.3 is 0 Å². The lowest BCUT2D eigenvalue weighted by Gasteiger charge is -2.34. The number of thiophene rings is 1. The highest BCUT2D eigenvalue weighted by Crippen LogP contribution is 2.32. The van der Waals surface area contributed by atoms with Gasteiger partial charge in [-0.05, 0) is 35.2 Å². The van der Waals surface area contributed by atoms with Crippen molar-refractivity contribution in [3.05, 3.63) is 52.2 Å². The maximum atomic E-state index is 12.4. The van der Waals surface area contributed by atoms with E-state index >= 15 is 0 Å². The van der Waals surface area contributed by atoms with Crippen LogP contribution in [0.2, 0.25) is 0 Å². The van der Waals surface area contributed by atoms with Gasteiger partial charge in [-0.15, -0.1) is 11.3 Å². The first-order valence-electron chi connectivity index (χ1n) is 9.60. The van der Waals surface area contributed by atoms with Gasteiger partial charge in [0.1, 0.15) is 0 Å². The number of amides is 2. The lowest BCUT2D eigenvalue weighted by molar-refractivity contribution is -0.116. The van der Waals surface area contributed by atoms with Gasteiger partial charge < -0.3 is 19.7 Å². The van der Waals surface area contributed by atoms with Gasteiger partial charge in [0, 0.05) is 45.3 Å². The molecular weight excluding hydrogens is 390 g/mol. The summed E-state index contributed by atoms with van der Waals surface area (Å²) in [6.07, 6.45) is 3.28. The van der Waals surface area contributed by atoms with Crippen LogP contribution in [0, 0.1) is 0 Å². The van der Waals surface area contributed by atoms with E-state index in [-0.39, 0.29) is 18.6 Å². The fourth-order valence-corrected chi connectivity index (χ4v) is 4.01. The van der Waals surface area contributed by atoms with Gasteiger partial charge in [-0.25, -0.2) is 0 Å². The molecule has 1 aromatic carbocycles. The van der Waals surface area contributed by atoms with Crippen LogP contribution in [0.3, 0.4) is 0 Å². The molecule has 1 saturated heterocycles. The van der Waals surface area contributed by atoms with E-state index in [0.29, 0.717) is 25.4 Å². The summed E-state index contributed by atoms with van der Waals surface area (Å²) in [4.78, 5) is 29.4. The molecule has 3 heterocycles. The Hall–Kier alpha value is -2.84. The summed E-state index contributed by atoms with van der Waals surface area (Å²) in [5, 5.41) is 4.83. The van der Waals surface area contributed by atoms with Crippen LogP contribution >= 0.6 is 11.3 Å². The molecule has 0 unspecified atom stereocenters. The fourth-order valence-electron chi connectivity index (χ4n) is 3.32. The number of hydrogen-bond donors (Lipinski definition) is 1.